The minimum absolute atomic E-state index is 0.0586. The second-order valence-electron chi connectivity index (χ2n) is 22.7. The molecule has 3 aromatic rings. The lowest BCUT2D eigenvalue weighted by atomic mass is 9.89. The number of carbonyl (C=O) groups excluding carboxylic acids is 6. The molecule has 5 amide bonds. The fourth-order valence-electron chi connectivity index (χ4n) is 11.2. The van der Waals surface area contributed by atoms with Crippen LogP contribution in [0.2, 0.25) is 0 Å². The van der Waals surface area contributed by atoms with Crippen molar-refractivity contribution in [1.29, 1.82) is 0 Å². The summed E-state index contributed by atoms with van der Waals surface area (Å²) in [6, 6.07) is 21.4. The Morgan fingerprint density at radius 2 is 1.32 bits per heavy atom. The Balaban J connectivity index is 1.30. The van der Waals surface area contributed by atoms with Gasteiger partial charge in [0.1, 0.15) is 30.3 Å². The van der Waals surface area contributed by atoms with Gasteiger partial charge in [-0.25, -0.2) is 9.59 Å². The highest BCUT2D eigenvalue weighted by Crippen LogP contribution is 2.45. The van der Waals surface area contributed by atoms with E-state index in [1.165, 1.54) is 19.1 Å². The van der Waals surface area contributed by atoms with Gasteiger partial charge in [0.25, 0.3) is 0 Å². The maximum Gasteiger partial charge on any atom is 0.410 e. The average Bonchev–Trinajstić information content (AvgIpc) is 3.85. The van der Waals surface area contributed by atoms with E-state index in [0.717, 1.165) is 27.8 Å². The van der Waals surface area contributed by atoms with Gasteiger partial charge in [-0.2, -0.15) is 0 Å². The summed E-state index contributed by atoms with van der Waals surface area (Å²) in [6.45, 7) is 22.7. The first kappa shape index (κ1) is 60.1. The van der Waals surface area contributed by atoms with Crippen LogP contribution in [0.25, 0.3) is 11.1 Å². The van der Waals surface area contributed by atoms with E-state index >= 15 is 0 Å². The Bertz CT molecular complexity index is 2380. The van der Waals surface area contributed by atoms with Crippen molar-refractivity contribution in [2.45, 2.75) is 169 Å². The first-order valence-corrected chi connectivity index (χ1v) is 27.0. The van der Waals surface area contributed by atoms with Crippen LogP contribution in [-0.2, 0) is 49.3 Å². The second-order valence-corrected chi connectivity index (χ2v) is 22.7. The number of likely N-dealkylation sites (tertiary alicyclic amines) is 1. The largest absolute Gasteiger partial charge is 0.458 e. The van der Waals surface area contributed by atoms with Gasteiger partial charge in [-0.05, 0) is 85.6 Å². The van der Waals surface area contributed by atoms with Crippen molar-refractivity contribution in [3.05, 3.63) is 95.6 Å². The molecule has 0 aromatic heterocycles. The lowest BCUT2D eigenvalue weighted by molar-refractivity contribution is -0.159. The van der Waals surface area contributed by atoms with Gasteiger partial charge in [0, 0.05) is 46.7 Å². The maximum absolute atomic E-state index is 14.9. The number of hydrogen-bond donors (Lipinski definition) is 2. The average molecular weight is 1040 g/mol. The molecular weight excluding hydrogens is 951 g/mol. The molecule has 3 aromatic carbocycles. The van der Waals surface area contributed by atoms with Gasteiger partial charge in [-0.15, -0.1) is 0 Å². The van der Waals surface area contributed by atoms with Crippen molar-refractivity contribution in [1.82, 2.24) is 25.3 Å². The first-order valence-electron chi connectivity index (χ1n) is 27.0. The van der Waals surface area contributed by atoms with Gasteiger partial charge in [-0.3, -0.25) is 24.1 Å². The molecule has 11 atom stereocenters. The highest BCUT2D eigenvalue weighted by molar-refractivity contribution is 5.92. The van der Waals surface area contributed by atoms with Crippen LogP contribution in [0.15, 0.2) is 78.9 Å². The predicted octanol–water partition coefficient (Wildman–Crippen LogP) is 8.66. The fraction of sp³-hybridized carbons (Fsp3) is 0.600. The molecule has 5 rings (SSSR count). The number of esters is 1. The zero-order valence-corrected chi connectivity index (χ0v) is 47.5. The standard InChI is InChI=1S/C60H87N5O10/c1-17-37(6)53(63(13)57(69)51(35(2)3)62-56(68)52(36(4)5)64(14)59(71)74-34-46-44-29-23-21-27-42(44)43-28-22-24-30-45(43)46)49(72-15)33-50(66)65-40(9)38(7)31-48(65)54(73-16)39(8)55(67)61-47(58(70)75-60(10,11)12)32-41-25-19-18-20-26-41/h18-30,35-40,46-49,51-54H,17,31-34H2,1-16H3,(H,61,67)(H,62,68)/t37-,38-,39+,40?,47-,48-,49+,51-,52-,53?,54+/m0/s1. The Labute approximate surface area is 447 Å². The molecule has 1 aliphatic heterocycles. The molecule has 2 N–H and O–H groups in total. The molecule has 0 saturated carbocycles. The lowest BCUT2D eigenvalue weighted by Crippen LogP contribution is -2.60. The van der Waals surface area contributed by atoms with Gasteiger partial charge in [-0.1, -0.05) is 141 Å². The summed E-state index contributed by atoms with van der Waals surface area (Å²) < 4.78 is 24.0. The molecule has 0 radical (unpaired) electrons. The van der Waals surface area contributed by atoms with Gasteiger partial charge in [0.05, 0.1) is 36.6 Å². The van der Waals surface area contributed by atoms with Crippen molar-refractivity contribution < 1.29 is 47.7 Å². The van der Waals surface area contributed by atoms with Gasteiger partial charge < -0.3 is 39.4 Å². The van der Waals surface area contributed by atoms with Crippen LogP contribution < -0.4 is 10.6 Å². The summed E-state index contributed by atoms with van der Waals surface area (Å²) in [5, 5.41) is 5.98. The Hall–Kier alpha value is -5.80. The van der Waals surface area contributed by atoms with E-state index in [0.29, 0.717) is 12.8 Å². The molecule has 2 unspecified atom stereocenters. The number of nitrogens with zero attached hydrogens (tertiary/aromatic N) is 3. The van der Waals surface area contributed by atoms with Crippen LogP contribution in [0.1, 0.15) is 125 Å². The Morgan fingerprint density at radius 3 is 1.84 bits per heavy atom. The molecule has 412 valence electrons. The van der Waals surface area contributed by atoms with Gasteiger partial charge >= 0.3 is 12.1 Å². The molecular formula is C60H87N5O10. The van der Waals surface area contributed by atoms with Crippen LogP contribution in [0.4, 0.5) is 4.79 Å². The Morgan fingerprint density at radius 1 is 0.747 bits per heavy atom. The van der Waals surface area contributed by atoms with Crippen LogP contribution in [0, 0.1) is 29.6 Å². The maximum atomic E-state index is 14.9. The number of likely N-dealkylation sites (N-methyl/N-ethyl adjacent to an activating group) is 2. The molecule has 1 fully saturated rings. The van der Waals surface area contributed by atoms with E-state index in [1.807, 2.05) is 120 Å². The first-order chi connectivity index (χ1) is 35.4. The Kier molecular flexibility index (Phi) is 21.1. The third-order valence-electron chi connectivity index (χ3n) is 15.6. The number of fused-ring (bicyclic) bond motifs is 3. The van der Waals surface area contributed by atoms with Crippen LogP contribution in [0.3, 0.4) is 0 Å². The topological polar surface area (TPSA) is 173 Å². The smallest absolute Gasteiger partial charge is 0.410 e. The molecule has 0 spiro atoms. The van der Waals surface area contributed by atoms with Crippen LogP contribution in [-0.4, -0.2) is 139 Å². The number of amides is 5. The number of methoxy groups -OCH3 is 2. The summed E-state index contributed by atoms with van der Waals surface area (Å²) in [5.74, 6) is -3.73. The highest BCUT2D eigenvalue weighted by Gasteiger charge is 2.48. The SMILES string of the molecule is CC[C@H](C)C([C@@H](CC(=O)N1C(C)[C@@H](C)C[C@H]1[C@H](OC)[C@@H](C)C(=O)N[C@@H](Cc1ccccc1)C(=O)OC(C)(C)C)OC)N(C)C(=O)[C@@H](NC(=O)[C@H](C(C)C)N(C)C(=O)OCC1c2ccccc2-c2ccccc21)C(C)C. The van der Waals surface area contributed by atoms with Gasteiger partial charge in [0.15, 0.2) is 0 Å². The van der Waals surface area contributed by atoms with Crippen molar-refractivity contribution in [3.63, 3.8) is 0 Å². The van der Waals surface area contributed by atoms with Crippen LogP contribution >= 0.6 is 0 Å². The van der Waals surface area contributed by atoms with Crippen molar-refractivity contribution in [2.24, 2.45) is 29.6 Å². The van der Waals surface area contributed by atoms with Crippen molar-refractivity contribution in [3.8, 4) is 11.1 Å². The van der Waals surface area contributed by atoms with E-state index in [1.54, 1.807) is 46.7 Å². The zero-order chi connectivity index (χ0) is 55.6. The predicted molar refractivity (Wildman–Crippen MR) is 291 cm³/mol. The molecule has 15 heteroatoms. The summed E-state index contributed by atoms with van der Waals surface area (Å²) in [6.07, 6.45) is -0.773. The minimum atomic E-state index is -0.985. The van der Waals surface area contributed by atoms with Crippen LogP contribution in [0.5, 0.6) is 0 Å². The lowest BCUT2D eigenvalue weighted by Gasteiger charge is -2.41. The number of benzene rings is 3. The third kappa shape index (κ3) is 14.4. The van der Waals surface area contributed by atoms with Crippen molar-refractivity contribution >= 4 is 35.7 Å². The van der Waals surface area contributed by atoms with E-state index in [-0.39, 0.29) is 66.9 Å². The molecule has 1 saturated heterocycles. The zero-order valence-electron chi connectivity index (χ0n) is 47.5. The fourth-order valence-corrected chi connectivity index (χ4v) is 11.2. The number of ether oxygens (including phenoxy) is 4. The van der Waals surface area contributed by atoms with E-state index in [4.69, 9.17) is 18.9 Å². The second kappa shape index (κ2) is 26.3. The van der Waals surface area contributed by atoms with E-state index < -0.39 is 77.8 Å². The number of rotatable bonds is 23. The monoisotopic (exact) mass is 1040 g/mol. The van der Waals surface area contributed by atoms with Gasteiger partial charge in [0.2, 0.25) is 23.6 Å². The molecule has 15 nitrogen and oxygen atoms in total. The number of carbonyl (C=O) groups is 6. The molecule has 1 aliphatic carbocycles. The highest BCUT2D eigenvalue weighted by atomic mass is 16.6. The van der Waals surface area contributed by atoms with E-state index in [2.05, 4.69) is 29.7 Å². The summed E-state index contributed by atoms with van der Waals surface area (Å²) in [4.78, 5) is 90.5. The quantitative estimate of drug-likeness (QED) is 0.0876. The molecule has 1 heterocycles. The molecule has 2 aliphatic rings. The normalized spacial score (nSPS) is 19.7. The van der Waals surface area contributed by atoms with Crippen molar-refractivity contribution in [2.75, 3.05) is 34.9 Å². The van der Waals surface area contributed by atoms with E-state index in [9.17, 15) is 28.8 Å². The molecule has 0 bridgehead atoms. The third-order valence-corrected chi connectivity index (χ3v) is 15.6. The number of nitrogens with one attached hydrogen (secondary N) is 2. The number of hydrogen-bond acceptors (Lipinski definition) is 10. The summed E-state index contributed by atoms with van der Waals surface area (Å²) >= 11 is 0. The summed E-state index contributed by atoms with van der Waals surface area (Å²) in [7, 11) is 6.30. The molecule has 75 heavy (non-hydrogen) atoms. The summed E-state index contributed by atoms with van der Waals surface area (Å²) in [5.41, 5.74) is 4.45. The minimum Gasteiger partial charge on any atom is -0.458 e.